The van der Waals surface area contributed by atoms with Gasteiger partial charge >= 0.3 is 5.97 Å². The monoisotopic (exact) mass is 1120 g/mol. The zero-order chi connectivity index (χ0) is 58.2. The van der Waals surface area contributed by atoms with E-state index in [4.69, 9.17) is 14.2 Å². The van der Waals surface area contributed by atoms with Gasteiger partial charge in [0.25, 0.3) is 0 Å². The summed E-state index contributed by atoms with van der Waals surface area (Å²) in [7, 11) is 0. The van der Waals surface area contributed by atoms with E-state index < -0.39 is 67.4 Å². The Morgan fingerprint density at radius 2 is 0.963 bits per heavy atom. The molecule has 1 fully saturated rings. The maximum absolute atomic E-state index is 13.4. The molecule has 0 aliphatic carbocycles. The second-order valence-electron chi connectivity index (χ2n) is 21.5. The van der Waals surface area contributed by atoms with Gasteiger partial charge in [0.1, 0.15) is 24.4 Å². The third-order valence-corrected chi connectivity index (χ3v) is 14.2. The molecule has 0 aromatic heterocycles. The number of ether oxygens (including phenoxy) is 3. The summed E-state index contributed by atoms with van der Waals surface area (Å²) in [5.74, 6) is -1.23. The molecule has 1 saturated heterocycles. The molecule has 80 heavy (non-hydrogen) atoms. The van der Waals surface area contributed by atoms with E-state index in [1.54, 1.807) is 6.08 Å². The molecule has 1 rings (SSSR count). The van der Waals surface area contributed by atoms with Crippen molar-refractivity contribution < 1.29 is 49.3 Å². The number of carbonyl (C=O) groups excluding carboxylic acids is 2. The van der Waals surface area contributed by atoms with Crippen LogP contribution in [0.25, 0.3) is 0 Å². The lowest BCUT2D eigenvalue weighted by molar-refractivity contribution is -0.305. The summed E-state index contributed by atoms with van der Waals surface area (Å²) in [5, 5.41) is 57.0. The Balaban J connectivity index is 2.66. The molecule has 8 unspecified atom stereocenters. The van der Waals surface area contributed by atoms with Crippen LogP contribution in [-0.2, 0) is 23.8 Å². The SMILES string of the molecule is CC/C=C\C/C=C\C/C=C\C/C=C\C/C=C\CCCCCCCCCCC(O)C(=O)NC(COC1OC(CO)C(O)C(O)C1OC(=O)CCCCCCC\C=C/C=C/C=C/C=C/CC)C(O)/C=C/CCCCCCCCCCCC. The van der Waals surface area contributed by atoms with Crippen molar-refractivity contribution in [3.05, 3.63) is 122 Å². The lowest BCUT2D eigenvalue weighted by Gasteiger charge is -2.41. The summed E-state index contributed by atoms with van der Waals surface area (Å²) < 4.78 is 17.6. The Labute approximate surface area is 487 Å². The van der Waals surface area contributed by atoms with Gasteiger partial charge < -0.3 is 45.1 Å². The zero-order valence-electron chi connectivity index (χ0n) is 50.4. The summed E-state index contributed by atoms with van der Waals surface area (Å²) in [4.78, 5) is 26.6. The molecule has 0 bridgehead atoms. The smallest absolute Gasteiger partial charge is 0.306 e. The maximum atomic E-state index is 13.4. The van der Waals surface area contributed by atoms with Crippen LogP contribution in [0.3, 0.4) is 0 Å². The van der Waals surface area contributed by atoms with E-state index in [0.717, 1.165) is 128 Å². The number of aliphatic hydroxyl groups is 5. The van der Waals surface area contributed by atoms with E-state index in [0.29, 0.717) is 12.8 Å². The van der Waals surface area contributed by atoms with Crippen LogP contribution in [0.5, 0.6) is 0 Å². The highest BCUT2D eigenvalue weighted by Crippen LogP contribution is 2.26. The van der Waals surface area contributed by atoms with Crippen LogP contribution in [0.1, 0.15) is 239 Å². The first-order valence-corrected chi connectivity index (χ1v) is 31.9. The Morgan fingerprint density at radius 1 is 0.512 bits per heavy atom. The summed E-state index contributed by atoms with van der Waals surface area (Å²) in [6, 6.07) is -1.04. The number of esters is 1. The number of hydrogen-bond acceptors (Lipinski definition) is 10. The van der Waals surface area contributed by atoms with Crippen molar-refractivity contribution in [2.75, 3.05) is 13.2 Å². The summed E-state index contributed by atoms with van der Waals surface area (Å²) >= 11 is 0. The predicted octanol–water partition coefficient (Wildman–Crippen LogP) is 15.4. The molecule has 1 amide bonds. The van der Waals surface area contributed by atoms with Crippen LogP contribution < -0.4 is 5.32 Å². The second-order valence-corrected chi connectivity index (χ2v) is 21.5. The summed E-state index contributed by atoms with van der Waals surface area (Å²) in [5.41, 5.74) is 0. The van der Waals surface area contributed by atoms with Gasteiger partial charge in [0.15, 0.2) is 12.4 Å². The van der Waals surface area contributed by atoms with Gasteiger partial charge in [0.2, 0.25) is 5.91 Å². The van der Waals surface area contributed by atoms with Gasteiger partial charge in [0.05, 0.1) is 25.4 Å². The number of aliphatic hydroxyl groups excluding tert-OH is 5. The number of carbonyl (C=O) groups is 2. The molecule has 8 atom stereocenters. The van der Waals surface area contributed by atoms with Gasteiger partial charge in [-0.05, 0) is 89.9 Å². The normalized spacial score (nSPS) is 19.6. The third kappa shape index (κ3) is 42.8. The van der Waals surface area contributed by atoms with Crippen LogP contribution in [0.4, 0.5) is 0 Å². The minimum atomic E-state index is -1.63. The second kappa shape index (κ2) is 55.6. The topological polar surface area (TPSA) is 175 Å². The van der Waals surface area contributed by atoms with Crippen molar-refractivity contribution in [3.8, 4) is 0 Å². The Bertz CT molecular complexity index is 1760. The molecule has 0 saturated carbocycles. The molecule has 1 aliphatic heterocycles. The standard InChI is InChI=1S/C69H115NO10/c1-4-7-10-13-16-19-22-25-27-28-29-30-31-32-33-34-35-37-38-41-44-47-50-53-56-62(73)68(77)70-60(61(72)55-52-49-46-43-40-24-21-18-15-12-9-6-3)59-78-69-67(66(76)65(75)63(58-71)79-69)80-64(74)57-54-51-48-45-42-39-36-26-23-20-17-14-11-8-5-2/h7-8,10-11,14,16-17,19-20,23,25-27,29-30,32-33,36,52,55,60-63,65-67,69,71-73,75-76H,4-6,9,12-13,15,18,21-22,24,28,31,34-35,37-51,53-54,56-59H2,1-3H3,(H,70,77)/b10-7-,11-8+,17-14+,19-16-,23-20+,27-25-,30-29-,33-32-,36-26-,55-52+. The van der Waals surface area contributed by atoms with Gasteiger partial charge in [-0.3, -0.25) is 9.59 Å². The molecule has 0 aromatic rings. The van der Waals surface area contributed by atoms with Crippen LogP contribution >= 0.6 is 0 Å². The van der Waals surface area contributed by atoms with Crippen molar-refractivity contribution in [2.24, 2.45) is 0 Å². The zero-order valence-corrected chi connectivity index (χ0v) is 50.4. The number of unbranched alkanes of at least 4 members (excludes halogenated alkanes) is 23. The highest BCUT2D eigenvalue weighted by Gasteiger charge is 2.47. The van der Waals surface area contributed by atoms with Crippen molar-refractivity contribution in [3.63, 3.8) is 0 Å². The first-order chi connectivity index (χ1) is 39.2. The van der Waals surface area contributed by atoms with Gasteiger partial charge in [-0.2, -0.15) is 0 Å². The summed E-state index contributed by atoms with van der Waals surface area (Å²) in [6.45, 7) is 5.51. The van der Waals surface area contributed by atoms with Crippen LogP contribution in [0.15, 0.2) is 122 Å². The predicted molar refractivity (Wildman–Crippen MR) is 333 cm³/mol. The number of nitrogens with one attached hydrogen (secondary N) is 1. The molecule has 0 radical (unpaired) electrons. The number of amides is 1. The molecular weight excluding hydrogens is 1000 g/mol. The molecule has 6 N–H and O–H groups in total. The molecule has 1 aliphatic rings. The molecular formula is C69H115NO10. The maximum Gasteiger partial charge on any atom is 0.306 e. The van der Waals surface area contributed by atoms with E-state index in [-0.39, 0.29) is 19.4 Å². The minimum absolute atomic E-state index is 0.0905. The highest BCUT2D eigenvalue weighted by molar-refractivity contribution is 5.80. The largest absolute Gasteiger partial charge is 0.454 e. The van der Waals surface area contributed by atoms with Crippen molar-refractivity contribution in [2.45, 2.75) is 288 Å². The van der Waals surface area contributed by atoms with Crippen molar-refractivity contribution in [1.82, 2.24) is 5.32 Å². The Kier molecular flexibility index (Phi) is 51.5. The van der Waals surface area contributed by atoms with Crippen LogP contribution in [0.2, 0.25) is 0 Å². The van der Waals surface area contributed by atoms with Gasteiger partial charge in [-0.1, -0.05) is 264 Å². The van der Waals surface area contributed by atoms with Gasteiger partial charge in [-0.15, -0.1) is 0 Å². The molecule has 1 heterocycles. The Hall–Kier alpha value is -3.94. The summed E-state index contributed by atoms with van der Waals surface area (Å²) in [6.07, 6.45) is 66.6. The van der Waals surface area contributed by atoms with E-state index >= 15 is 0 Å². The Morgan fingerprint density at radius 3 is 1.50 bits per heavy atom. The van der Waals surface area contributed by atoms with Crippen molar-refractivity contribution in [1.29, 1.82) is 0 Å². The average Bonchev–Trinajstić information content (AvgIpc) is 3.46. The van der Waals surface area contributed by atoms with Gasteiger partial charge in [0, 0.05) is 6.42 Å². The first-order valence-electron chi connectivity index (χ1n) is 31.9. The van der Waals surface area contributed by atoms with Crippen LogP contribution in [0, 0.1) is 0 Å². The minimum Gasteiger partial charge on any atom is -0.454 e. The third-order valence-electron chi connectivity index (χ3n) is 14.2. The molecule has 0 aromatic carbocycles. The van der Waals surface area contributed by atoms with Gasteiger partial charge in [-0.25, -0.2) is 0 Å². The first kappa shape index (κ1) is 74.1. The lowest BCUT2D eigenvalue weighted by atomic mass is 9.99. The molecule has 456 valence electrons. The van der Waals surface area contributed by atoms with E-state index in [1.165, 1.54) is 64.2 Å². The molecule has 11 heteroatoms. The lowest BCUT2D eigenvalue weighted by Crippen LogP contribution is -2.61. The molecule has 0 spiro atoms. The number of hydrogen-bond donors (Lipinski definition) is 6. The average molecular weight is 1120 g/mol. The quantitative estimate of drug-likeness (QED) is 0.0149. The molecule has 11 nitrogen and oxygen atoms in total. The van der Waals surface area contributed by atoms with E-state index in [9.17, 15) is 35.1 Å². The van der Waals surface area contributed by atoms with E-state index in [1.807, 2.05) is 42.5 Å². The van der Waals surface area contributed by atoms with E-state index in [2.05, 4.69) is 99.0 Å². The fourth-order valence-corrected chi connectivity index (χ4v) is 9.22. The number of allylic oxidation sites excluding steroid dienone is 19. The number of rotatable bonds is 52. The fourth-order valence-electron chi connectivity index (χ4n) is 9.22. The van der Waals surface area contributed by atoms with Crippen LogP contribution in [-0.4, -0.2) is 99.6 Å². The highest BCUT2D eigenvalue weighted by atomic mass is 16.7. The van der Waals surface area contributed by atoms with Crippen molar-refractivity contribution >= 4 is 11.9 Å². The fraction of sp³-hybridized carbons (Fsp3) is 0.681.